The van der Waals surface area contributed by atoms with Gasteiger partial charge in [-0.1, -0.05) is 22.9 Å². The third-order valence-corrected chi connectivity index (χ3v) is 3.46. The Balaban J connectivity index is 2.85. The molecule has 0 bridgehead atoms. The van der Waals surface area contributed by atoms with Crippen molar-refractivity contribution in [1.82, 2.24) is 0 Å². The van der Waals surface area contributed by atoms with Gasteiger partial charge in [0.15, 0.2) is 11.5 Å². The van der Waals surface area contributed by atoms with E-state index in [1.165, 1.54) is 6.92 Å². The second-order valence-electron chi connectivity index (χ2n) is 3.47. The van der Waals surface area contributed by atoms with E-state index in [1.54, 1.807) is 23.9 Å². The molecule has 1 rings (SSSR count). The number of nitrogens with two attached hydrogens (primary N) is 1. The SMILES string of the molecule is CCSCCOc1c(N)cc(Br)cc1C(C)=O. The van der Waals surface area contributed by atoms with Gasteiger partial charge in [0.25, 0.3) is 0 Å². The third-order valence-electron chi connectivity index (χ3n) is 2.14. The Hall–Kier alpha value is -0.680. The molecule has 0 spiro atoms. The Morgan fingerprint density at radius 2 is 2.24 bits per heavy atom. The molecule has 1 aromatic rings. The molecule has 0 unspecified atom stereocenters. The summed E-state index contributed by atoms with van der Waals surface area (Å²) in [5.74, 6) is 2.40. The van der Waals surface area contributed by atoms with Crippen molar-refractivity contribution >= 4 is 39.2 Å². The molecule has 0 saturated heterocycles. The van der Waals surface area contributed by atoms with Crippen LogP contribution in [0, 0.1) is 0 Å². The van der Waals surface area contributed by atoms with Crippen LogP contribution in [0.15, 0.2) is 16.6 Å². The van der Waals surface area contributed by atoms with Crippen LogP contribution >= 0.6 is 27.7 Å². The van der Waals surface area contributed by atoms with Gasteiger partial charge in [0.1, 0.15) is 0 Å². The van der Waals surface area contributed by atoms with Crippen molar-refractivity contribution in [3.8, 4) is 5.75 Å². The summed E-state index contributed by atoms with van der Waals surface area (Å²) in [6.07, 6.45) is 0. The molecule has 1 aromatic carbocycles. The van der Waals surface area contributed by atoms with E-state index in [-0.39, 0.29) is 5.78 Å². The van der Waals surface area contributed by atoms with E-state index in [2.05, 4.69) is 22.9 Å². The second kappa shape index (κ2) is 6.91. The number of ether oxygens (including phenoxy) is 1. The highest BCUT2D eigenvalue weighted by Crippen LogP contribution is 2.31. The Morgan fingerprint density at radius 3 is 2.82 bits per heavy atom. The fourth-order valence-corrected chi connectivity index (χ4v) is 2.35. The summed E-state index contributed by atoms with van der Waals surface area (Å²) in [5.41, 5.74) is 6.88. The number of anilines is 1. The van der Waals surface area contributed by atoms with Gasteiger partial charge < -0.3 is 10.5 Å². The first-order chi connectivity index (χ1) is 8.06. The number of Topliss-reactive ketones (excluding diaryl/α,β-unsaturated/α-hetero) is 1. The van der Waals surface area contributed by atoms with Crippen molar-refractivity contribution in [3.63, 3.8) is 0 Å². The van der Waals surface area contributed by atoms with Gasteiger partial charge in [0.05, 0.1) is 17.9 Å². The largest absolute Gasteiger partial charge is 0.490 e. The van der Waals surface area contributed by atoms with Gasteiger partial charge in [-0.05, 0) is 24.8 Å². The Labute approximate surface area is 114 Å². The van der Waals surface area contributed by atoms with E-state index in [9.17, 15) is 4.79 Å². The van der Waals surface area contributed by atoms with E-state index in [0.29, 0.717) is 23.6 Å². The summed E-state index contributed by atoms with van der Waals surface area (Å²) in [7, 11) is 0. The zero-order chi connectivity index (χ0) is 12.8. The number of halogens is 1. The lowest BCUT2D eigenvalue weighted by molar-refractivity contribution is 0.101. The minimum absolute atomic E-state index is 0.0452. The molecule has 0 aliphatic heterocycles. The molecule has 5 heteroatoms. The van der Waals surface area contributed by atoms with E-state index < -0.39 is 0 Å². The molecule has 0 atom stereocenters. The average Bonchev–Trinajstić information content (AvgIpc) is 2.25. The summed E-state index contributed by atoms with van der Waals surface area (Å²) >= 11 is 5.11. The molecular formula is C12H16BrNO2S. The topological polar surface area (TPSA) is 52.3 Å². The molecule has 2 N–H and O–H groups in total. The van der Waals surface area contributed by atoms with Crippen LogP contribution in [-0.2, 0) is 0 Å². The number of nitrogen functional groups attached to an aromatic ring is 1. The van der Waals surface area contributed by atoms with Crippen LogP contribution in [0.4, 0.5) is 5.69 Å². The average molecular weight is 318 g/mol. The predicted molar refractivity (Wildman–Crippen MR) is 77.1 cm³/mol. The van der Waals surface area contributed by atoms with Crippen molar-refractivity contribution in [2.45, 2.75) is 13.8 Å². The van der Waals surface area contributed by atoms with Gasteiger partial charge in [0.2, 0.25) is 0 Å². The monoisotopic (exact) mass is 317 g/mol. The molecule has 0 amide bonds. The number of carbonyl (C=O) groups excluding carboxylic acids is 1. The van der Waals surface area contributed by atoms with Gasteiger partial charge in [-0.2, -0.15) is 11.8 Å². The molecule has 0 radical (unpaired) electrons. The number of benzene rings is 1. The minimum Gasteiger partial charge on any atom is -0.490 e. The van der Waals surface area contributed by atoms with Crippen LogP contribution in [0.25, 0.3) is 0 Å². The quantitative estimate of drug-likeness (QED) is 0.496. The molecular weight excluding hydrogens is 302 g/mol. The van der Waals surface area contributed by atoms with Crippen LogP contribution in [0.5, 0.6) is 5.75 Å². The van der Waals surface area contributed by atoms with Gasteiger partial charge in [-0.3, -0.25) is 4.79 Å². The normalized spacial score (nSPS) is 10.3. The highest BCUT2D eigenvalue weighted by molar-refractivity contribution is 9.10. The zero-order valence-electron chi connectivity index (χ0n) is 9.96. The highest BCUT2D eigenvalue weighted by Gasteiger charge is 2.13. The lowest BCUT2D eigenvalue weighted by Crippen LogP contribution is -2.07. The predicted octanol–water partition coefficient (Wildman–Crippen LogP) is 3.37. The van der Waals surface area contributed by atoms with Gasteiger partial charge in [-0.15, -0.1) is 0 Å². The lowest BCUT2D eigenvalue weighted by Gasteiger charge is -2.12. The molecule has 0 heterocycles. The lowest BCUT2D eigenvalue weighted by atomic mass is 10.1. The second-order valence-corrected chi connectivity index (χ2v) is 5.78. The van der Waals surface area contributed by atoms with Gasteiger partial charge >= 0.3 is 0 Å². The molecule has 3 nitrogen and oxygen atoms in total. The minimum atomic E-state index is -0.0452. The maximum atomic E-state index is 11.5. The highest BCUT2D eigenvalue weighted by atomic mass is 79.9. The fraction of sp³-hybridized carbons (Fsp3) is 0.417. The van der Waals surface area contributed by atoms with E-state index in [1.807, 2.05) is 0 Å². The fourth-order valence-electron chi connectivity index (χ4n) is 1.38. The standard InChI is InChI=1S/C12H16BrNO2S/c1-3-17-5-4-16-12-10(8(2)15)6-9(13)7-11(12)14/h6-7H,3-5,14H2,1-2H3. The molecule has 0 saturated carbocycles. The van der Waals surface area contributed by atoms with Crippen molar-refractivity contribution in [2.24, 2.45) is 0 Å². The summed E-state index contributed by atoms with van der Waals surface area (Å²) in [5, 5.41) is 0. The van der Waals surface area contributed by atoms with E-state index in [4.69, 9.17) is 10.5 Å². The van der Waals surface area contributed by atoms with Crippen molar-refractivity contribution in [1.29, 1.82) is 0 Å². The summed E-state index contributed by atoms with van der Waals surface area (Å²) in [4.78, 5) is 11.5. The molecule has 0 aromatic heterocycles. The van der Waals surface area contributed by atoms with Crippen molar-refractivity contribution in [3.05, 3.63) is 22.2 Å². The maximum absolute atomic E-state index is 11.5. The molecule has 0 aliphatic carbocycles. The summed E-state index contributed by atoms with van der Waals surface area (Å²) < 4.78 is 6.39. The summed E-state index contributed by atoms with van der Waals surface area (Å²) in [6.45, 7) is 4.17. The molecule has 17 heavy (non-hydrogen) atoms. The number of rotatable bonds is 6. The number of ketones is 1. The van der Waals surface area contributed by atoms with Crippen LogP contribution in [0.2, 0.25) is 0 Å². The van der Waals surface area contributed by atoms with Crippen LogP contribution < -0.4 is 10.5 Å². The Kier molecular flexibility index (Phi) is 5.85. The van der Waals surface area contributed by atoms with Crippen molar-refractivity contribution in [2.75, 3.05) is 23.8 Å². The number of hydrogen-bond donors (Lipinski definition) is 1. The van der Waals surface area contributed by atoms with Crippen LogP contribution in [-0.4, -0.2) is 23.9 Å². The van der Waals surface area contributed by atoms with Crippen LogP contribution in [0.3, 0.4) is 0 Å². The van der Waals surface area contributed by atoms with Crippen molar-refractivity contribution < 1.29 is 9.53 Å². The molecule has 94 valence electrons. The maximum Gasteiger partial charge on any atom is 0.163 e. The smallest absolute Gasteiger partial charge is 0.163 e. The van der Waals surface area contributed by atoms with Crippen LogP contribution in [0.1, 0.15) is 24.2 Å². The summed E-state index contributed by atoms with van der Waals surface area (Å²) in [6, 6.07) is 3.48. The first-order valence-corrected chi connectivity index (χ1v) is 7.31. The van der Waals surface area contributed by atoms with Gasteiger partial charge in [-0.25, -0.2) is 0 Å². The first kappa shape index (κ1) is 14.4. The van der Waals surface area contributed by atoms with Gasteiger partial charge in [0, 0.05) is 10.2 Å². The Bertz CT molecular complexity index is 410. The Morgan fingerprint density at radius 1 is 1.53 bits per heavy atom. The molecule has 0 aliphatic rings. The number of thioether (sulfide) groups is 1. The first-order valence-electron chi connectivity index (χ1n) is 5.36. The number of hydrogen-bond acceptors (Lipinski definition) is 4. The zero-order valence-corrected chi connectivity index (χ0v) is 12.4. The third kappa shape index (κ3) is 4.24. The molecule has 0 fully saturated rings. The number of carbonyl (C=O) groups is 1. The van der Waals surface area contributed by atoms with E-state index in [0.717, 1.165) is 16.0 Å². The van der Waals surface area contributed by atoms with E-state index >= 15 is 0 Å².